The third-order valence-electron chi connectivity index (χ3n) is 3.48. The second kappa shape index (κ2) is 6.53. The Morgan fingerprint density at radius 2 is 1.95 bits per heavy atom. The molecule has 3 heteroatoms. The molecule has 0 saturated carbocycles. The average molecular weight is 257 g/mol. The Hall–Kier alpha value is -1.61. The van der Waals surface area contributed by atoms with Gasteiger partial charge in [-0.15, -0.1) is 0 Å². The van der Waals surface area contributed by atoms with Gasteiger partial charge in [0, 0.05) is 31.4 Å². The van der Waals surface area contributed by atoms with E-state index in [9.17, 15) is 0 Å². The molecule has 19 heavy (non-hydrogen) atoms. The van der Waals surface area contributed by atoms with E-state index >= 15 is 0 Å². The fourth-order valence-corrected chi connectivity index (χ4v) is 2.45. The Labute approximate surface area is 115 Å². The lowest BCUT2D eigenvalue weighted by atomic mass is 10.0. The molecule has 1 heterocycles. The van der Waals surface area contributed by atoms with Crippen LogP contribution >= 0.6 is 0 Å². The van der Waals surface area contributed by atoms with Crippen molar-refractivity contribution in [1.82, 2.24) is 15.1 Å². The summed E-state index contributed by atoms with van der Waals surface area (Å²) in [6.45, 7) is 5.25. The number of hydrogen-bond acceptors (Lipinski definition) is 2. The van der Waals surface area contributed by atoms with E-state index in [4.69, 9.17) is 0 Å². The molecule has 0 spiro atoms. The molecule has 0 aliphatic carbocycles. The zero-order chi connectivity index (χ0) is 13.7. The highest BCUT2D eigenvalue weighted by atomic mass is 15.3. The molecule has 1 unspecified atom stereocenters. The van der Waals surface area contributed by atoms with Crippen LogP contribution in [0.25, 0.3) is 0 Å². The van der Waals surface area contributed by atoms with Crippen LogP contribution in [0.5, 0.6) is 0 Å². The zero-order valence-corrected chi connectivity index (χ0v) is 12.1. The largest absolute Gasteiger partial charge is 0.306 e. The van der Waals surface area contributed by atoms with Crippen molar-refractivity contribution in [2.45, 2.75) is 39.3 Å². The summed E-state index contributed by atoms with van der Waals surface area (Å²) in [5, 5.41) is 8.12. The van der Waals surface area contributed by atoms with Gasteiger partial charge < -0.3 is 5.32 Å². The summed E-state index contributed by atoms with van der Waals surface area (Å²) < 4.78 is 1.90. The molecule has 0 fully saturated rings. The molecule has 1 N–H and O–H groups in total. The van der Waals surface area contributed by atoms with Crippen molar-refractivity contribution in [1.29, 1.82) is 0 Å². The van der Waals surface area contributed by atoms with E-state index in [1.165, 1.54) is 16.8 Å². The number of benzene rings is 1. The molecule has 102 valence electrons. The summed E-state index contributed by atoms with van der Waals surface area (Å²) in [6, 6.07) is 11.0. The van der Waals surface area contributed by atoms with Gasteiger partial charge in [0.2, 0.25) is 0 Å². The van der Waals surface area contributed by atoms with Crippen LogP contribution in [0.3, 0.4) is 0 Å². The second-order valence-corrected chi connectivity index (χ2v) is 4.88. The van der Waals surface area contributed by atoms with Crippen LogP contribution in [-0.2, 0) is 20.0 Å². The van der Waals surface area contributed by atoms with Gasteiger partial charge in [-0.25, -0.2) is 0 Å². The van der Waals surface area contributed by atoms with Crippen molar-refractivity contribution >= 4 is 0 Å². The number of rotatable bonds is 6. The molecule has 2 rings (SSSR count). The molecule has 1 aromatic heterocycles. The molecule has 2 aromatic rings. The lowest BCUT2D eigenvalue weighted by Gasteiger charge is -2.17. The van der Waals surface area contributed by atoms with Gasteiger partial charge in [0.05, 0.1) is 5.69 Å². The number of aryl methyl sites for hydroxylation is 2. The van der Waals surface area contributed by atoms with Gasteiger partial charge in [-0.2, -0.15) is 5.10 Å². The van der Waals surface area contributed by atoms with E-state index in [0.717, 1.165) is 19.4 Å². The molecule has 0 radical (unpaired) electrons. The van der Waals surface area contributed by atoms with E-state index in [0.29, 0.717) is 6.04 Å². The molecule has 0 bridgehead atoms. The van der Waals surface area contributed by atoms with Gasteiger partial charge >= 0.3 is 0 Å². The van der Waals surface area contributed by atoms with Gasteiger partial charge in [-0.3, -0.25) is 4.68 Å². The predicted octanol–water partition coefficient (Wildman–Crippen LogP) is 3.22. The predicted molar refractivity (Wildman–Crippen MR) is 78.9 cm³/mol. The fraction of sp³-hybridized carbons (Fsp3) is 0.438. The minimum Gasteiger partial charge on any atom is -0.306 e. The highest BCUT2D eigenvalue weighted by molar-refractivity contribution is 5.20. The highest BCUT2D eigenvalue weighted by Gasteiger charge is 2.10. The topological polar surface area (TPSA) is 29.9 Å². The Balaban J connectivity index is 2.04. The molecule has 1 atom stereocenters. The molecular formula is C16H23N3. The Morgan fingerprint density at radius 3 is 2.58 bits per heavy atom. The summed E-state index contributed by atoms with van der Waals surface area (Å²) in [4.78, 5) is 0. The van der Waals surface area contributed by atoms with Crippen molar-refractivity contribution in [2.24, 2.45) is 7.05 Å². The number of aromatic nitrogens is 2. The van der Waals surface area contributed by atoms with Crippen molar-refractivity contribution < 1.29 is 0 Å². The number of nitrogens with zero attached hydrogens (tertiary/aromatic N) is 2. The van der Waals surface area contributed by atoms with Crippen LogP contribution < -0.4 is 5.32 Å². The van der Waals surface area contributed by atoms with E-state index in [1.54, 1.807) is 0 Å². The maximum atomic E-state index is 4.48. The van der Waals surface area contributed by atoms with Crippen molar-refractivity contribution in [3.05, 3.63) is 53.3 Å². The van der Waals surface area contributed by atoms with Gasteiger partial charge in [-0.05, 0) is 18.4 Å². The molecule has 0 aliphatic rings. The quantitative estimate of drug-likeness (QED) is 0.861. The monoisotopic (exact) mass is 257 g/mol. The molecule has 0 aliphatic heterocycles. The Kier molecular flexibility index (Phi) is 4.74. The molecule has 0 saturated heterocycles. The Bertz CT molecular complexity index is 502. The SMILES string of the molecule is CCc1nn(C)cc1CNC(CC)c1ccccc1. The zero-order valence-electron chi connectivity index (χ0n) is 12.1. The number of hydrogen-bond donors (Lipinski definition) is 1. The first kappa shape index (κ1) is 13.8. The van der Waals surface area contributed by atoms with Crippen LogP contribution in [0.4, 0.5) is 0 Å². The third-order valence-corrected chi connectivity index (χ3v) is 3.48. The molecular weight excluding hydrogens is 234 g/mol. The molecule has 1 aromatic carbocycles. The van der Waals surface area contributed by atoms with Crippen molar-refractivity contribution in [2.75, 3.05) is 0 Å². The van der Waals surface area contributed by atoms with Crippen molar-refractivity contribution in [3.63, 3.8) is 0 Å². The standard InChI is InChI=1S/C16H23N3/c1-4-15(13-9-7-6-8-10-13)17-11-14-12-19(3)18-16(14)5-2/h6-10,12,15,17H,4-5,11H2,1-3H3. The van der Waals surface area contributed by atoms with E-state index in [2.05, 4.69) is 60.8 Å². The van der Waals surface area contributed by atoms with Crippen molar-refractivity contribution in [3.8, 4) is 0 Å². The normalized spacial score (nSPS) is 12.6. The Morgan fingerprint density at radius 1 is 1.21 bits per heavy atom. The van der Waals surface area contributed by atoms with Crippen LogP contribution in [-0.4, -0.2) is 9.78 Å². The second-order valence-electron chi connectivity index (χ2n) is 4.88. The first-order valence-electron chi connectivity index (χ1n) is 7.04. The fourth-order valence-electron chi connectivity index (χ4n) is 2.45. The molecule has 3 nitrogen and oxygen atoms in total. The van der Waals surface area contributed by atoms with Gasteiger partial charge in [0.15, 0.2) is 0 Å². The summed E-state index contributed by atoms with van der Waals surface area (Å²) in [7, 11) is 1.98. The average Bonchev–Trinajstić information content (AvgIpc) is 2.81. The summed E-state index contributed by atoms with van der Waals surface area (Å²) in [6.07, 6.45) is 4.19. The van der Waals surface area contributed by atoms with E-state index < -0.39 is 0 Å². The maximum absolute atomic E-state index is 4.48. The summed E-state index contributed by atoms with van der Waals surface area (Å²) >= 11 is 0. The van der Waals surface area contributed by atoms with E-state index in [-0.39, 0.29) is 0 Å². The first-order valence-corrected chi connectivity index (χ1v) is 7.04. The smallest absolute Gasteiger partial charge is 0.0666 e. The lowest BCUT2D eigenvalue weighted by molar-refractivity contribution is 0.517. The molecule has 0 amide bonds. The third kappa shape index (κ3) is 3.44. The summed E-state index contributed by atoms with van der Waals surface area (Å²) in [5.41, 5.74) is 3.85. The van der Waals surface area contributed by atoms with Gasteiger partial charge in [0.1, 0.15) is 0 Å². The number of nitrogens with one attached hydrogen (secondary N) is 1. The minimum absolute atomic E-state index is 0.408. The van der Waals surface area contributed by atoms with Crippen LogP contribution in [0.15, 0.2) is 36.5 Å². The minimum atomic E-state index is 0.408. The van der Waals surface area contributed by atoms with Crippen LogP contribution in [0.2, 0.25) is 0 Å². The first-order chi connectivity index (χ1) is 9.24. The van der Waals surface area contributed by atoms with Gasteiger partial charge in [0.25, 0.3) is 0 Å². The highest BCUT2D eigenvalue weighted by Crippen LogP contribution is 2.17. The van der Waals surface area contributed by atoms with Gasteiger partial charge in [-0.1, -0.05) is 44.2 Å². The van der Waals surface area contributed by atoms with E-state index in [1.807, 2.05) is 11.7 Å². The summed E-state index contributed by atoms with van der Waals surface area (Å²) in [5.74, 6) is 0. The van der Waals surface area contributed by atoms with Crippen LogP contribution in [0, 0.1) is 0 Å². The maximum Gasteiger partial charge on any atom is 0.0666 e. The van der Waals surface area contributed by atoms with Crippen LogP contribution in [0.1, 0.15) is 43.1 Å². The lowest BCUT2D eigenvalue weighted by Crippen LogP contribution is -2.20.